The third-order valence-corrected chi connectivity index (χ3v) is 3.86. The molecule has 0 aliphatic carbocycles. The highest BCUT2D eigenvalue weighted by molar-refractivity contribution is 9.10. The van der Waals surface area contributed by atoms with Gasteiger partial charge >= 0.3 is 0 Å². The van der Waals surface area contributed by atoms with Crippen molar-refractivity contribution in [3.8, 4) is 11.5 Å². The van der Waals surface area contributed by atoms with Crippen LogP contribution in [-0.2, 0) is 6.42 Å². The first-order chi connectivity index (χ1) is 8.62. The van der Waals surface area contributed by atoms with Crippen LogP contribution in [-0.4, -0.2) is 20.8 Å². The van der Waals surface area contributed by atoms with Gasteiger partial charge in [0.15, 0.2) is 11.5 Å². The lowest BCUT2D eigenvalue weighted by atomic mass is 9.98. The lowest BCUT2D eigenvalue weighted by Crippen LogP contribution is -2.06. The highest BCUT2D eigenvalue weighted by Gasteiger charge is 2.10. The number of nitrogens with two attached hydrogens (primary N) is 1. The lowest BCUT2D eigenvalue weighted by molar-refractivity contribution is 0.354. The molecule has 0 spiro atoms. The second kappa shape index (κ2) is 7.64. The van der Waals surface area contributed by atoms with Crippen LogP contribution in [0, 0.1) is 5.92 Å². The number of hydrogen-bond acceptors (Lipinski definition) is 3. The predicted octanol–water partition coefficient (Wildman–Crippen LogP) is 3.38. The maximum atomic E-state index is 5.57. The van der Waals surface area contributed by atoms with Crippen LogP contribution in [0.5, 0.6) is 11.5 Å². The molecular weight excluding hydrogens is 294 g/mol. The minimum Gasteiger partial charge on any atom is -0.493 e. The average molecular weight is 316 g/mol. The second-order valence-electron chi connectivity index (χ2n) is 4.52. The van der Waals surface area contributed by atoms with Gasteiger partial charge in [0.2, 0.25) is 0 Å². The summed E-state index contributed by atoms with van der Waals surface area (Å²) in [5, 5.41) is 0. The van der Waals surface area contributed by atoms with Crippen LogP contribution in [0.2, 0.25) is 0 Å². The zero-order valence-corrected chi connectivity index (χ0v) is 12.9. The number of benzene rings is 1. The molecule has 0 fully saturated rings. The highest BCUT2D eigenvalue weighted by Crippen LogP contribution is 2.34. The molecule has 1 aromatic carbocycles. The molecule has 0 aromatic heterocycles. The summed E-state index contributed by atoms with van der Waals surface area (Å²) in [6.45, 7) is 3.00. The first kappa shape index (κ1) is 15.3. The maximum Gasteiger partial charge on any atom is 0.161 e. The van der Waals surface area contributed by atoms with Gasteiger partial charge in [-0.25, -0.2) is 0 Å². The molecule has 0 aliphatic rings. The summed E-state index contributed by atoms with van der Waals surface area (Å²) < 4.78 is 11.7. The molecule has 18 heavy (non-hydrogen) atoms. The van der Waals surface area contributed by atoms with E-state index in [4.69, 9.17) is 15.2 Å². The molecule has 1 aromatic rings. The maximum absolute atomic E-state index is 5.57. The smallest absolute Gasteiger partial charge is 0.161 e. The van der Waals surface area contributed by atoms with Crippen molar-refractivity contribution in [2.24, 2.45) is 11.7 Å². The lowest BCUT2D eigenvalue weighted by Gasteiger charge is -2.14. The van der Waals surface area contributed by atoms with Gasteiger partial charge in [-0.05, 0) is 49.4 Å². The number of methoxy groups -OCH3 is 2. The van der Waals surface area contributed by atoms with Gasteiger partial charge in [0.05, 0.1) is 14.2 Å². The number of halogens is 1. The Balaban J connectivity index is 2.76. The van der Waals surface area contributed by atoms with Crippen LogP contribution in [0.1, 0.15) is 25.3 Å². The number of aryl methyl sites for hydroxylation is 1. The Morgan fingerprint density at radius 1 is 1.17 bits per heavy atom. The predicted molar refractivity (Wildman–Crippen MR) is 78.4 cm³/mol. The van der Waals surface area contributed by atoms with Crippen molar-refractivity contribution in [3.63, 3.8) is 0 Å². The van der Waals surface area contributed by atoms with E-state index in [1.165, 1.54) is 5.56 Å². The number of rotatable bonds is 7. The van der Waals surface area contributed by atoms with Crippen molar-refractivity contribution in [2.75, 3.05) is 20.8 Å². The molecule has 1 atom stereocenters. The molecule has 0 saturated heterocycles. The van der Waals surface area contributed by atoms with Gasteiger partial charge in [0, 0.05) is 4.47 Å². The topological polar surface area (TPSA) is 44.5 Å². The van der Waals surface area contributed by atoms with Crippen LogP contribution in [0.25, 0.3) is 0 Å². The van der Waals surface area contributed by atoms with Gasteiger partial charge in [0.25, 0.3) is 0 Å². The van der Waals surface area contributed by atoms with Crippen LogP contribution in [0.15, 0.2) is 16.6 Å². The monoisotopic (exact) mass is 315 g/mol. The van der Waals surface area contributed by atoms with Crippen molar-refractivity contribution in [3.05, 3.63) is 22.2 Å². The molecule has 1 rings (SSSR count). The Morgan fingerprint density at radius 3 is 2.33 bits per heavy atom. The molecule has 0 aliphatic heterocycles. The quantitative estimate of drug-likeness (QED) is 0.839. The van der Waals surface area contributed by atoms with Gasteiger partial charge < -0.3 is 15.2 Å². The highest BCUT2D eigenvalue weighted by atomic mass is 79.9. The van der Waals surface area contributed by atoms with E-state index in [9.17, 15) is 0 Å². The van der Waals surface area contributed by atoms with E-state index in [1.807, 2.05) is 12.1 Å². The van der Waals surface area contributed by atoms with Crippen LogP contribution in [0.4, 0.5) is 0 Å². The van der Waals surface area contributed by atoms with E-state index in [0.717, 1.165) is 41.8 Å². The van der Waals surface area contributed by atoms with Gasteiger partial charge in [-0.1, -0.05) is 22.9 Å². The Kier molecular flexibility index (Phi) is 6.50. The normalized spacial score (nSPS) is 12.3. The molecular formula is C14H22BrNO2. The van der Waals surface area contributed by atoms with Gasteiger partial charge in [-0.3, -0.25) is 0 Å². The molecule has 2 N–H and O–H groups in total. The first-order valence-electron chi connectivity index (χ1n) is 6.22. The third-order valence-electron chi connectivity index (χ3n) is 3.12. The zero-order chi connectivity index (χ0) is 13.5. The standard InChI is InChI=1S/C14H22BrNO2/c1-10(6-7-16)4-5-11-8-13(17-2)14(18-3)9-12(11)15/h8-10H,4-7,16H2,1-3H3. The van der Waals surface area contributed by atoms with E-state index >= 15 is 0 Å². The van der Waals surface area contributed by atoms with Crippen molar-refractivity contribution < 1.29 is 9.47 Å². The summed E-state index contributed by atoms with van der Waals surface area (Å²) in [6, 6.07) is 4.00. The first-order valence-corrected chi connectivity index (χ1v) is 7.02. The SMILES string of the molecule is COc1cc(Br)c(CCC(C)CCN)cc1OC. The summed E-state index contributed by atoms with van der Waals surface area (Å²) in [5.41, 5.74) is 6.81. The van der Waals surface area contributed by atoms with E-state index in [0.29, 0.717) is 5.92 Å². The summed E-state index contributed by atoms with van der Waals surface area (Å²) in [6.07, 6.45) is 3.22. The molecule has 0 amide bonds. The zero-order valence-electron chi connectivity index (χ0n) is 11.3. The van der Waals surface area contributed by atoms with Crippen molar-refractivity contribution in [2.45, 2.75) is 26.2 Å². The minimum atomic E-state index is 0.648. The molecule has 0 saturated carbocycles. The summed E-state index contributed by atoms with van der Waals surface area (Å²) in [4.78, 5) is 0. The van der Waals surface area contributed by atoms with Crippen LogP contribution >= 0.6 is 15.9 Å². The molecule has 102 valence electrons. The fourth-order valence-corrected chi connectivity index (χ4v) is 2.44. The van der Waals surface area contributed by atoms with E-state index in [1.54, 1.807) is 14.2 Å². The summed E-state index contributed by atoms with van der Waals surface area (Å²) in [5.74, 6) is 2.18. The van der Waals surface area contributed by atoms with Gasteiger partial charge in [-0.15, -0.1) is 0 Å². The van der Waals surface area contributed by atoms with E-state index < -0.39 is 0 Å². The molecule has 4 heteroatoms. The third kappa shape index (κ3) is 4.18. The largest absolute Gasteiger partial charge is 0.493 e. The van der Waals surface area contributed by atoms with Gasteiger partial charge in [0.1, 0.15) is 0 Å². The Morgan fingerprint density at radius 2 is 1.78 bits per heavy atom. The molecule has 0 radical (unpaired) electrons. The van der Waals surface area contributed by atoms with Crippen molar-refractivity contribution in [1.82, 2.24) is 0 Å². The van der Waals surface area contributed by atoms with Crippen LogP contribution < -0.4 is 15.2 Å². The average Bonchev–Trinajstić information content (AvgIpc) is 2.37. The fraction of sp³-hybridized carbons (Fsp3) is 0.571. The van der Waals surface area contributed by atoms with E-state index in [2.05, 4.69) is 22.9 Å². The van der Waals surface area contributed by atoms with Crippen molar-refractivity contribution >= 4 is 15.9 Å². The summed E-state index contributed by atoms with van der Waals surface area (Å²) >= 11 is 3.58. The van der Waals surface area contributed by atoms with Crippen molar-refractivity contribution in [1.29, 1.82) is 0 Å². The molecule has 1 unspecified atom stereocenters. The van der Waals surface area contributed by atoms with Gasteiger partial charge in [-0.2, -0.15) is 0 Å². The number of ether oxygens (including phenoxy) is 2. The molecule has 3 nitrogen and oxygen atoms in total. The Labute approximate surface area is 118 Å². The number of hydrogen-bond donors (Lipinski definition) is 1. The Bertz CT molecular complexity index is 382. The summed E-state index contributed by atoms with van der Waals surface area (Å²) in [7, 11) is 3.31. The second-order valence-corrected chi connectivity index (χ2v) is 5.37. The van der Waals surface area contributed by atoms with E-state index in [-0.39, 0.29) is 0 Å². The molecule has 0 heterocycles. The van der Waals surface area contributed by atoms with Crippen LogP contribution in [0.3, 0.4) is 0 Å². The Hall–Kier alpha value is -0.740. The fourth-order valence-electron chi connectivity index (χ4n) is 1.92. The minimum absolute atomic E-state index is 0.648. The molecule has 0 bridgehead atoms.